The van der Waals surface area contributed by atoms with Gasteiger partial charge < -0.3 is 5.32 Å². The van der Waals surface area contributed by atoms with E-state index in [0.717, 1.165) is 0 Å². The minimum atomic E-state index is 0.420. The molecule has 0 aromatic carbocycles. The maximum absolute atomic E-state index is 3.53. The first-order valence-electron chi connectivity index (χ1n) is 3.51. The van der Waals surface area contributed by atoms with Gasteiger partial charge in [0, 0.05) is 22.6 Å². The molecule has 2 aliphatic heterocycles. The van der Waals surface area contributed by atoms with E-state index in [-0.39, 0.29) is 0 Å². The van der Waals surface area contributed by atoms with Crippen molar-refractivity contribution >= 4 is 11.8 Å². The molecule has 9 heavy (non-hydrogen) atoms. The van der Waals surface area contributed by atoms with Crippen molar-refractivity contribution < 1.29 is 0 Å². The van der Waals surface area contributed by atoms with Gasteiger partial charge in [-0.3, -0.25) is 0 Å². The van der Waals surface area contributed by atoms with Crippen LogP contribution in [-0.4, -0.2) is 22.6 Å². The van der Waals surface area contributed by atoms with Crippen molar-refractivity contribution in [1.29, 1.82) is 0 Å². The summed E-state index contributed by atoms with van der Waals surface area (Å²) in [5.41, 5.74) is 0.420. The predicted molar refractivity (Wildman–Crippen MR) is 41.9 cm³/mol. The van der Waals surface area contributed by atoms with Gasteiger partial charge in [-0.2, -0.15) is 11.8 Å². The van der Waals surface area contributed by atoms with Gasteiger partial charge in [0.1, 0.15) is 0 Å². The average molecular weight is 143 g/mol. The topological polar surface area (TPSA) is 12.0 Å². The van der Waals surface area contributed by atoms with Gasteiger partial charge >= 0.3 is 0 Å². The van der Waals surface area contributed by atoms with Crippen molar-refractivity contribution in [2.24, 2.45) is 0 Å². The van der Waals surface area contributed by atoms with Crippen molar-refractivity contribution in [1.82, 2.24) is 5.32 Å². The van der Waals surface area contributed by atoms with E-state index in [1.807, 2.05) is 0 Å². The van der Waals surface area contributed by atoms with Crippen molar-refractivity contribution in [3.63, 3.8) is 0 Å². The molecule has 1 unspecified atom stereocenters. The molecule has 2 rings (SSSR count). The normalized spacial score (nSPS) is 46.0. The fraction of sp³-hybridized carbons (Fsp3) is 1.00. The molecule has 0 bridgehead atoms. The SMILES string of the molecule is CC1(C)CC2(CN1)CS2. The van der Waals surface area contributed by atoms with E-state index in [2.05, 4.69) is 30.9 Å². The molecule has 0 radical (unpaired) electrons. The van der Waals surface area contributed by atoms with Gasteiger partial charge in [0.25, 0.3) is 0 Å². The van der Waals surface area contributed by atoms with E-state index >= 15 is 0 Å². The molecular formula is C7H13NS. The van der Waals surface area contributed by atoms with Gasteiger partial charge in [-0.25, -0.2) is 0 Å². The van der Waals surface area contributed by atoms with E-state index in [4.69, 9.17) is 0 Å². The molecule has 1 N–H and O–H groups in total. The van der Waals surface area contributed by atoms with Crippen LogP contribution in [0, 0.1) is 0 Å². The van der Waals surface area contributed by atoms with Crippen molar-refractivity contribution in [3.8, 4) is 0 Å². The second-order valence-electron chi connectivity index (χ2n) is 3.89. The molecule has 0 aromatic heterocycles. The third-order valence-electron chi connectivity index (χ3n) is 2.21. The van der Waals surface area contributed by atoms with E-state index in [9.17, 15) is 0 Å². The summed E-state index contributed by atoms with van der Waals surface area (Å²) in [5.74, 6) is 1.39. The zero-order chi connectivity index (χ0) is 6.54. The van der Waals surface area contributed by atoms with E-state index < -0.39 is 0 Å². The summed E-state index contributed by atoms with van der Waals surface area (Å²) >= 11 is 2.12. The van der Waals surface area contributed by atoms with Crippen molar-refractivity contribution in [2.75, 3.05) is 12.3 Å². The highest BCUT2D eigenvalue weighted by atomic mass is 32.2. The van der Waals surface area contributed by atoms with Crippen molar-refractivity contribution in [3.05, 3.63) is 0 Å². The maximum Gasteiger partial charge on any atom is 0.0392 e. The largest absolute Gasteiger partial charge is 0.310 e. The first-order valence-corrected chi connectivity index (χ1v) is 4.50. The lowest BCUT2D eigenvalue weighted by molar-refractivity contribution is 0.457. The smallest absolute Gasteiger partial charge is 0.0392 e. The number of rotatable bonds is 0. The Bertz CT molecular complexity index is 134. The predicted octanol–water partition coefficient (Wildman–Crippen LogP) is 1.24. The summed E-state index contributed by atoms with van der Waals surface area (Å²) in [6.45, 7) is 5.83. The van der Waals surface area contributed by atoms with Crippen LogP contribution in [0.25, 0.3) is 0 Å². The second kappa shape index (κ2) is 1.48. The fourth-order valence-electron chi connectivity index (χ4n) is 1.64. The molecule has 1 atom stereocenters. The standard InChI is InChI=1S/C7H13NS/c1-6(2)3-7(4-8-6)5-9-7/h8H,3-5H2,1-2H3. The molecule has 2 saturated heterocycles. The number of nitrogens with one attached hydrogen (secondary N) is 1. The number of thioether (sulfide) groups is 1. The first-order chi connectivity index (χ1) is 4.12. The molecule has 0 saturated carbocycles. The Hall–Kier alpha value is 0.310. The second-order valence-corrected chi connectivity index (χ2v) is 5.33. The highest BCUT2D eigenvalue weighted by Crippen LogP contribution is 2.52. The van der Waals surface area contributed by atoms with Crippen molar-refractivity contribution in [2.45, 2.75) is 30.6 Å². The zero-order valence-corrected chi connectivity index (χ0v) is 6.85. The average Bonchev–Trinajstić information content (AvgIpc) is 2.36. The Morgan fingerprint density at radius 2 is 2.11 bits per heavy atom. The molecule has 2 heteroatoms. The quantitative estimate of drug-likeness (QED) is 0.512. The number of hydrogen-bond acceptors (Lipinski definition) is 2. The summed E-state index contributed by atoms with van der Waals surface area (Å²) in [6, 6.07) is 0. The third kappa shape index (κ3) is 0.987. The summed E-state index contributed by atoms with van der Waals surface area (Å²) in [5, 5.41) is 3.53. The first kappa shape index (κ1) is 6.05. The molecule has 0 aliphatic carbocycles. The molecule has 2 aliphatic rings. The molecule has 0 aromatic rings. The molecule has 2 heterocycles. The molecule has 2 fully saturated rings. The third-order valence-corrected chi connectivity index (χ3v) is 3.60. The highest BCUT2D eigenvalue weighted by molar-refractivity contribution is 8.07. The number of hydrogen-bond donors (Lipinski definition) is 1. The van der Waals surface area contributed by atoms with Crippen LogP contribution in [0.3, 0.4) is 0 Å². The Kier molecular flexibility index (Phi) is 0.996. The summed E-state index contributed by atoms with van der Waals surface area (Å²) in [7, 11) is 0. The van der Waals surface area contributed by atoms with Crippen LogP contribution in [0.4, 0.5) is 0 Å². The Morgan fingerprint density at radius 3 is 2.33 bits per heavy atom. The summed E-state index contributed by atoms with van der Waals surface area (Å²) in [4.78, 5) is 0. The van der Waals surface area contributed by atoms with Crippen LogP contribution in [0.2, 0.25) is 0 Å². The van der Waals surface area contributed by atoms with Crippen LogP contribution < -0.4 is 5.32 Å². The van der Waals surface area contributed by atoms with E-state index in [1.165, 1.54) is 18.7 Å². The maximum atomic E-state index is 3.53. The lowest BCUT2D eigenvalue weighted by atomic mass is 9.98. The molecule has 0 amide bonds. The van der Waals surface area contributed by atoms with Gasteiger partial charge in [-0.15, -0.1) is 0 Å². The van der Waals surface area contributed by atoms with Crippen LogP contribution in [0.5, 0.6) is 0 Å². The van der Waals surface area contributed by atoms with Gasteiger partial charge in [-0.1, -0.05) is 0 Å². The minimum Gasteiger partial charge on any atom is -0.310 e. The zero-order valence-electron chi connectivity index (χ0n) is 6.03. The summed E-state index contributed by atoms with van der Waals surface area (Å²) < 4.78 is 0.684. The minimum absolute atomic E-state index is 0.420. The van der Waals surface area contributed by atoms with Gasteiger partial charge in [0.15, 0.2) is 0 Å². The van der Waals surface area contributed by atoms with Crippen LogP contribution in [0.1, 0.15) is 20.3 Å². The van der Waals surface area contributed by atoms with E-state index in [1.54, 1.807) is 0 Å². The Balaban J connectivity index is 2.08. The molecular weight excluding hydrogens is 130 g/mol. The monoisotopic (exact) mass is 143 g/mol. The fourth-order valence-corrected chi connectivity index (χ4v) is 2.68. The van der Waals surface area contributed by atoms with E-state index in [0.29, 0.717) is 10.3 Å². The van der Waals surface area contributed by atoms with Gasteiger partial charge in [0.2, 0.25) is 0 Å². The van der Waals surface area contributed by atoms with Crippen LogP contribution >= 0.6 is 11.8 Å². The Morgan fingerprint density at radius 1 is 1.44 bits per heavy atom. The highest BCUT2D eigenvalue weighted by Gasteiger charge is 2.52. The molecule has 1 spiro atoms. The Labute approximate surface area is 60.6 Å². The lowest BCUT2D eigenvalue weighted by Gasteiger charge is -2.16. The molecule has 1 nitrogen and oxygen atoms in total. The summed E-state index contributed by atoms with van der Waals surface area (Å²) in [6.07, 6.45) is 1.37. The molecule has 52 valence electrons. The van der Waals surface area contributed by atoms with Gasteiger partial charge in [-0.05, 0) is 20.3 Å². The lowest BCUT2D eigenvalue weighted by Crippen LogP contribution is -2.31. The van der Waals surface area contributed by atoms with Crippen LogP contribution in [-0.2, 0) is 0 Å². The van der Waals surface area contributed by atoms with Crippen LogP contribution in [0.15, 0.2) is 0 Å². The van der Waals surface area contributed by atoms with Gasteiger partial charge in [0.05, 0.1) is 0 Å².